The summed E-state index contributed by atoms with van der Waals surface area (Å²) >= 11 is 0. The Morgan fingerprint density at radius 3 is 2.74 bits per heavy atom. The number of nitrogens with two attached hydrogens (primary N) is 1. The molecule has 1 heterocycles. The van der Waals surface area contributed by atoms with E-state index >= 15 is 0 Å². The highest BCUT2D eigenvalue weighted by atomic mass is 16.2. The second-order valence-electron chi connectivity index (χ2n) is 5.69. The monoisotopic (exact) mass is 316 g/mol. The number of hydrogen-bond acceptors (Lipinski definition) is 3. The van der Waals surface area contributed by atoms with Gasteiger partial charge >= 0.3 is 0 Å². The van der Waals surface area contributed by atoms with Gasteiger partial charge in [0.2, 0.25) is 11.8 Å². The molecule has 0 fully saturated rings. The fourth-order valence-electron chi connectivity index (χ4n) is 2.42. The zero-order valence-electron chi connectivity index (χ0n) is 13.6. The third kappa shape index (κ3) is 4.32. The summed E-state index contributed by atoms with van der Waals surface area (Å²) in [7, 11) is 0. The van der Waals surface area contributed by atoms with Gasteiger partial charge in [0.15, 0.2) is 0 Å². The van der Waals surface area contributed by atoms with Crippen molar-refractivity contribution >= 4 is 22.7 Å². The minimum atomic E-state index is -0.698. The number of aromatic amines is 1. The van der Waals surface area contributed by atoms with E-state index in [4.69, 9.17) is 5.73 Å². The van der Waals surface area contributed by atoms with Crippen molar-refractivity contribution in [3.63, 3.8) is 0 Å². The quantitative estimate of drug-likeness (QED) is 0.614. The van der Waals surface area contributed by atoms with Crippen molar-refractivity contribution < 1.29 is 9.59 Å². The number of carbonyl (C=O) groups excluding carboxylic acids is 2. The lowest BCUT2D eigenvalue weighted by atomic mass is 10.0. The van der Waals surface area contributed by atoms with Crippen molar-refractivity contribution in [2.45, 2.75) is 38.8 Å². The van der Waals surface area contributed by atoms with Crippen molar-refractivity contribution in [3.8, 4) is 0 Å². The predicted octanol–water partition coefficient (Wildman–Crippen LogP) is 1.07. The number of carbonyl (C=O) groups is 2. The van der Waals surface area contributed by atoms with Gasteiger partial charge in [-0.2, -0.15) is 0 Å². The molecule has 0 bridgehead atoms. The Kier molecular flexibility index (Phi) is 5.76. The molecule has 0 saturated carbocycles. The lowest BCUT2D eigenvalue weighted by Crippen LogP contribution is -2.50. The summed E-state index contributed by atoms with van der Waals surface area (Å²) in [6, 6.07) is 6.58. The number of rotatable bonds is 7. The Morgan fingerprint density at radius 2 is 2.00 bits per heavy atom. The molecule has 2 aromatic rings. The first-order valence-electron chi connectivity index (χ1n) is 7.91. The Labute approximate surface area is 135 Å². The molecule has 0 aliphatic heterocycles. The van der Waals surface area contributed by atoms with Crippen LogP contribution in [0.5, 0.6) is 0 Å². The Bertz CT molecular complexity index is 680. The number of benzene rings is 1. The van der Waals surface area contributed by atoms with Crippen LogP contribution >= 0.6 is 0 Å². The Hall–Kier alpha value is -2.34. The maximum absolute atomic E-state index is 12.2. The van der Waals surface area contributed by atoms with E-state index in [-0.39, 0.29) is 11.8 Å². The van der Waals surface area contributed by atoms with E-state index in [0.29, 0.717) is 13.0 Å². The fourth-order valence-corrected chi connectivity index (χ4v) is 2.42. The van der Waals surface area contributed by atoms with E-state index in [1.165, 1.54) is 0 Å². The molecule has 2 atom stereocenters. The maximum Gasteiger partial charge on any atom is 0.242 e. The van der Waals surface area contributed by atoms with Crippen LogP contribution in [0, 0.1) is 0 Å². The zero-order valence-corrected chi connectivity index (χ0v) is 13.6. The summed E-state index contributed by atoms with van der Waals surface area (Å²) in [4.78, 5) is 27.1. The van der Waals surface area contributed by atoms with Crippen LogP contribution in [0.2, 0.25) is 0 Å². The first-order valence-corrected chi connectivity index (χ1v) is 7.91. The molecule has 2 amide bonds. The molecule has 23 heavy (non-hydrogen) atoms. The number of H-pyrrole nitrogens is 1. The molecule has 1 aromatic carbocycles. The van der Waals surface area contributed by atoms with Crippen LogP contribution in [-0.4, -0.2) is 35.4 Å². The van der Waals surface area contributed by atoms with Gasteiger partial charge in [0.05, 0.1) is 6.04 Å². The number of amides is 2. The fraction of sp³-hybridized carbons (Fsp3) is 0.412. The van der Waals surface area contributed by atoms with Gasteiger partial charge in [0, 0.05) is 23.6 Å². The topological polar surface area (TPSA) is 100 Å². The summed E-state index contributed by atoms with van der Waals surface area (Å²) in [6.07, 6.45) is 3.14. The number of para-hydroxylation sites is 1. The average Bonchev–Trinajstić information content (AvgIpc) is 2.95. The van der Waals surface area contributed by atoms with E-state index in [0.717, 1.165) is 22.9 Å². The highest BCUT2D eigenvalue weighted by molar-refractivity contribution is 5.90. The number of nitrogens with one attached hydrogen (secondary N) is 3. The van der Waals surface area contributed by atoms with Gasteiger partial charge < -0.3 is 21.4 Å². The SMILES string of the molecule is CCCNC(=O)[C@H](C)NC(=O)[C@@H](N)Cc1c[nH]c2ccccc12. The number of aromatic nitrogens is 1. The second kappa shape index (κ2) is 7.78. The average molecular weight is 316 g/mol. The van der Waals surface area contributed by atoms with Crippen LogP contribution in [0.1, 0.15) is 25.8 Å². The lowest BCUT2D eigenvalue weighted by molar-refractivity contribution is -0.129. The first-order chi connectivity index (χ1) is 11.0. The summed E-state index contributed by atoms with van der Waals surface area (Å²) in [5.41, 5.74) is 8.00. The summed E-state index contributed by atoms with van der Waals surface area (Å²) in [6.45, 7) is 4.22. The van der Waals surface area contributed by atoms with E-state index in [1.807, 2.05) is 37.4 Å². The van der Waals surface area contributed by atoms with Gasteiger partial charge in [-0.25, -0.2) is 0 Å². The van der Waals surface area contributed by atoms with Crippen LogP contribution in [0.4, 0.5) is 0 Å². The predicted molar refractivity (Wildman–Crippen MR) is 90.9 cm³/mol. The molecule has 0 aliphatic rings. The number of fused-ring (bicyclic) bond motifs is 1. The Balaban J connectivity index is 1.93. The molecule has 6 nitrogen and oxygen atoms in total. The molecule has 0 aliphatic carbocycles. The van der Waals surface area contributed by atoms with Crippen molar-refractivity contribution in [1.82, 2.24) is 15.6 Å². The van der Waals surface area contributed by atoms with E-state index in [1.54, 1.807) is 6.92 Å². The lowest BCUT2D eigenvalue weighted by Gasteiger charge is -2.17. The molecular weight excluding hydrogens is 292 g/mol. The zero-order chi connectivity index (χ0) is 16.8. The molecular formula is C17H24N4O2. The normalized spacial score (nSPS) is 13.5. The summed E-state index contributed by atoms with van der Waals surface area (Å²) in [5.74, 6) is -0.520. The van der Waals surface area contributed by atoms with Crippen molar-refractivity contribution in [2.75, 3.05) is 6.54 Å². The van der Waals surface area contributed by atoms with Crippen molar-refractivity contribution in [2.24, 2.45) is 5.73 Å². The minimum absolute atomic E-state index is 0.195. The summed E-state index contributed by atoms with van der Waals surface area (Å²) in [5, 5.41) is 6.47. The summed E-state index contributed by atoms with van der Waals surface area (Å²) < 4.78 is 0. The highest BCUT2D eigenvalue weighted by Gasteiger charge is 2.20. The van der Waals surface area contributed by atoms with Gasteiger partial charge in [-0.15, -0.1) is 0 Å². The molecule has 0 unspecified atom stereocenters. The molecule has 124 valence electrons. The molecule has 0 spiro atoms. The maximum atomic E-state index is 12.2. The van der Waals surface area contributed by atoms with Crippen LogP contribution in [0.25, 0.3) is 10.9 Å². The van der Waals surface area contributed by atoms with Gasteiger partial charge in [0.25, 0.3) is 0 Å². The number of hydrogen-bond donors (Lipinski definition) is 4. The standard InChI is InChI=1S/C17H24N4O2/c1-3-8-19-16(22)11(2)21-17(23)14(18)9-12-10-20-15-7-5-4-6-13(12)15/h4-7,10-11,14,20H,3,8-9,18H2,1-2H3,(H,19,22)(H,21,23)/t11-,14-/m0/s1. The molecule has 0 radical (unpaired) electrons. The molecule has 2 rings (SSSR count). The van der Waals surface area contributed by atoms with Gasteiger partial charge in [-0.1, -0.05) is 25.1 Å². The largest absolute Gasteiger partial charge is 0.361 e. The van der Waals surface area contributed by atoms with Crippen LogP contribution in [0.3, 0.4) is 0 Å². The molecule has 6 heteroatoms. The third-order valence-electron chi connectivity index (χ3n) is 3.75. The highest BCUT2D eigenvalue weighted by Crippen LogP contribution is 2.18. The molecule has 0 saturated heterocycles. The van der Waals surface area contributed by atoms with Crippen molar-refractivity contribution in [1.29, 1.82) is 0 Å². The van der Waals surface area contributed by atoms with Gasteiger partial charge in [0.1, 0.15) is 6.04 Å². The van der Waals surface area contributed by atoms with E-state index < -0.39 is 12.1 Å². The minimum Gasteiger partial charge on any atom is -0.361 e. The van der Waals surface area contributed by atoms with Gasteiger partial charge in [-0.3, -0.25) is 9.59 Å². The van der Waals surface area contributed by atoms with Gasteiger partial charge in [-0.05, 0) is 31.4 Å². The smallest absolute Gasteiger partial charge is 0.242 e. The van der Waals surface area contributed by atoms with Crippen molar-refractivity contribution in [3.05, 3.63) is 36.0 Å². The molecule has 1 aromatic heterocycles. The van der Waals surface area contributed by atoms with Crippen LogP contribution in [0.15, 0.2) is 30.5 Å². The Morgan fingerprint density at radius 1 is 1.26 bits per heavy atom. The first kappa shape index (κ1) is 17.0. The van der Waals surface area contributed by atoms with Crippen LogP contribution < -0.4 is 16.4 Å². The third-order valence-corrected chi connectivity index (χ3v) is 3.75. The van der Waals surface area contributed by atoms with E-state index in [9.17, 15) is 9.59 Å². The van der Waals surface area contributed by atoms with E-state index in [2.05, 4.69) is 15.6 Å². The molecule has 5 N–H and O–H groups in total. The second-order valence-corrected chi connectivity index (χ2v) is 5.69. The van der Waals surface area contributed by atoms with Crippen LogP contribution in [-0.2, 0) is 16.0 Å².